The van der Waals surface area contributed by atoms with Gasteiger partial charge >= 0.3 is 0 Å². The number of primary amides is 1. The van der Waals surface area contributed by atoms with Gasteiger partial charge < -0.3 is 10.6 Å². The van der Waals surface area contributed by atoms with Crippen molar-refractivity contribution in [2.45, 2.75) is 56.8 Å². The fourth-order valence-electron chi connectivity index (χ4n) is 5.27. The van der Waals surface area contributed by atoms with E-state index in [0.717, 1.165) is 25.0 Å². The van der Waals surface area contributed by atoms with Crippen LogP contribution in [0.1, 0.15) is 53.3 Å². The maximum Gasteiger partial charge on any atom is 0.273 e. The van der Waals surface area contributed by atoms with Crippen molar-refractivity contribution in [3.63, 3.8) is 0 Å². The Balaban J connectivity index is 1.23. The van der Waals surface area contributed by atoms with Gasteiger partial charge in [-0.05, 0) is 55.4 Å². The van der Waals surface area contributed by atoms with Crippen LogP contribution >= 0.6 is 11.6 Å². The smallest absolute Gasteiger partial charge is 0.273 e. The Morgan fingerprint density at radius 2 is 2.00 bits per heavy atom. The number of aromatic nitrogens is 3. The summed E-state index contributed by atoms with van der Waals surface area (Å²) in [5.74, 6) is -1.25. The second kappa shape index (κ2) is 8.55. The summed E-state index contributed by atoms with van der Waals surface area (Å²) in [5, 5.41) is 5.46. The number of benzene rings is 1. The molecule has 6 rings (SSSR count). The number of carbonyl (C=O) groups is 3. The number of rotatable bonds is 7. The highest BCUT2D eigenvalue weighted by atomic mass is 35.5. The van der Waals surface area contributed by atoms with E-state index in [9.17, 15) is 18.9 Å². The monoisotopic (exact) mass is 510 g/mol. The molecule has 3 atom stereocenters. The van der Waals surface area contributed by atoms with Crippen LogP contribution in [-0.4, -0.2) is 54.6 Å². The Morgan fingerprint density at radius 3 is 2.72 bits per heavy atom. The zero-order valence-electron chi connectivity index (χ0n) is 19.3. The molecule has 11 heteroatoms. The predicted octanol–water partition coefficient (Wildman–Crippen LogP) is 2.96. The molecule has 1 saturated heterocycles. The number of carbonyl (C=O) groups excluding carboxylic acids is 3. The van der Waals surface area contributed by atoms with E-state index >= 15 is 0 Å². The highest BCUT2D eigenvalue weighted by Gasteiger charge is 2.56. The lowest BCUT2D eigenvalue weighted by Gasteiger charge is -2.28. The number of hydrogen-bond donors (Lipinski definition) is 1. The van der Waals surface area contributed by atoms with Crippen LogP contribution in [0.2, 0.25) is 5.02 Å². The maximum atomic E-state index is 14.9. The molecule has 2 aromatic heterocycles. The maximum absolute atomic E-state index is 14.9. The molecule has 0 bridgehead atoms. The van der Waals surface area contributed by atoms with Crippen molar-refractivity contribution in [3.8, 4) is 0 Å². The molecule has 3 aromatic rings. The lowest BCUT2D eigenvalue weighted by molar-refractivity contribution is -0.157. The number of nitrogens with zero attached hydrogens (tertiary/aromatic N) is 5. The van der Waals surface area contributed by atoms with Crippen molar-refractivity contribution in [2.75, 3.05) is 0 Å². The quantitative estimate of drug-likeness (QED) is 0.491. The third-order valence-corrected chi connectivity index (χ3v) is 7.53. The minimum Gasteiger partial charge on any atom is -0.364 e. The van der Waals surface area contributed by atoms with Crippen molar-refractivity contribution in [3.05, 3.63) is 58.5 Å². The topological polar surface area (TPSA) is 114 Å². The first-order valence-corrected chi connectivity index (χ1v) is 12.4. The van der Waals surface area contributed by atoms with Crippen molar-refractivity contribution in [2.24, 2.45) is 11.7 Å². The molecule has 0 unspecified atom stereocenters. The minimum atomic E-state index is -0.887. The normalized spacial score (nSPS) is 22.5. The molecule has 2 aliphatic carbocycles. The summed E-state index contributed by atoms with van der Waals surface area (Å²) in [7, 11) is 0. The van der Waals surface area contributed by atoms with Crippen molar-refractivity contribution in [1.29, 1.82) is 0 Å². The fourth-order valence-corrected chi connectivity index (χ4v) is 5.49. The van der Waals surface area contributed by atoms with E-state index in [0.29, 0.717) is 33.8 Å². The van der Waals surface area contributed by atoms with Gasteiger partial charge in [0, 0.05) is 28.1 Å². The van der Waals surface area contributed by atoms with Gasteiger partial charge in [-0.2, -0.15) is 10.2 Å². The SMILES string of the molecule is NC(=O)c1nn(CC(=O)N2[C@@H]3C[C@@H]3C[C@H]2C(=O)N(F)Cc2cccc(Cl)c2)c2cnc(C3CC3)cc12. The molecule has 36 heavy (non-hydrogen) atoms. The van der Waals surface area contributed by atoms with Crippen LogP contribution in [0.15, 0.2) is 36.5 Å². The molecular formula is C25H24ClFN6O3. The van der Waals surface area contributed by atoms with Crippen LogP contribution in [0.25, 0.3) is 10.9 Å². The van der Waals surface area contributed by atoms with Gasteiger partial charge in [0.2, 0.25) is 5.91 Å². The van der Waals surface area contributed by atoms with E-state index in [1.54, 1.807) is 30.5 Å². The van der Waals surface area contributed by atoms with E-state index < -0.39 is 17.9 Å². The Kier molecular flexibility index (Phi) is 5.44. The molecule has 3 aliphatic rings. The zero-order chi connectivity index (χ0) is 25.1. The summed E-state index contributed by atoms with van der Waals surface area (Å²) < 4.78 is 16.3. The predicted molar refractivity (Wildman–Crippen MR) is 128 cm³/mol. The van der Waals surface area contributed by atoms with Crippen LogP contribution in [0.4, 0.5) is 4.48 Å². The number of fused-ring (bicyclic) bond motifs is 2. The molecule has 186 valence electrons. The summed E-state index contributed by atoms with van der Waals surface area (Å²) >= 11 is 5.97. The summed E-state index contributed by atoms with van der Waals surface area (Å²) in [6, 6.07) is 7.47. The second-order valence-corrected chi connectivity index (χ2v) is 10.3. The molecule has 0 radical (unpaired) electrons. The van der Waals surface area contributed by atoms with Crippen LogP contribution in [0, 0.1) is 5.92 Å². The minimum absolute atomic E-state index is 0.0805. The number of pyridine rings is 1. The summed E-state index contributed by atoms with van der Waals surface area (Å²) in [6.07, 6.45) is 4.91. The van der Waals surface area contributed by atoms with Gasteiger partial charge in [0.25, 0.3) is 11.8 Å². The van der Waals surface area contributed by atoms with Gasteiger partial charge in [0.05, 0.1) is 18.3 Å². The Morgan fingerprint density at radius 1 is 1.19 bits per heavy atom. The van der Waals surface area contributed by atoms with Gasteiger partial charge in [-0.3, -0.25) is 24.0 Å². The molecule has 3 heterocycles. The standard InChI is InChI=1S/C25H24ClFN6O3/c26-16-3-1-2-13(6-16)11-31(27)25(36)20-8-15-7-19(15)33(20)22(34)12-32-21-10-29-18(14-4-5-14)9-17(21)23(30-32)24(28)35/h1-3,6,9-10,14-15,19-20H,4-5,7-8,11-12H2,(H2,28,35)/t15-,19-,20+/m1/s1. The van der Waals surface area contributed by atoms with Gasteiger partial charge in [-0.15, -0.1) is 0 Å². The number of likely N-dealkylation sites (tertiary alicyclic amines) is 1. The number of piperidine rings is 1. The molecule has 0 spiro atoms. The van der Waals surface area contributed by atoms with E-state index in [1.807, 2.05) is 6.07 Å². The van der Waals surface area contributed by atoms with Crippen LogP contribution in [0.3, 0.4) is 0 Å². The van der Waals surface area contributed by atoms with Crippen LogP contribution in [0.5, 0.6) is 0 Å². The first-order chi connectivity index (χ1) is 17.3. The second-order valence-electron chi connectivity index (χ2n) is 9.88. The van der Waals surface area contributed by atoms with E-state index in [4.69, 9.17) is 17.3 Å². The number of nitrogens with two attached hydrogens (primary N) is 1. The Hall–Kier alpha value is -3.53. The Bertz CT molecular complexity index is 1410. The van der Waals surface area contributed by atoms with Crippen molar-refractivity contribution in [1.82, 2.24) is 24.8 Å². The number of hydrogen-bond acceptors (Lipinski definition) is 5. The first kappa shape index (κ1) is 22.9. The molecular weight excluding hydrogens is 487 g/mol. The zero-order valence-corrected chi connectivity index (χ0v) is 20.1. The average molecular weight is 511 g/mol. The van der Waals surface area contributed by atoms with Crippen LogP contribution in [-0.2, 0) is 22.7 Å². The molecule has 3 amide bonds. The number of halogens is 2. The molecule has 2 N–H and O–H groups in total. The molecule has 1 aromatic carbocycles. The fraction of sp³-hybridized carbons (Fsp3) is 0.400. The molecule has 1 aliphatic heterocycles. The average Bonchev–Trinajstić information content (AvgIpc) is 3.77. The summed E-state index contributed by atoms with van der Waals surface area (Å²) in [5.41, 5.74) is 7.59. The van der Waals surface area contributed by atoms with Gasteiger partial charge in [-0.25, -0.2) is 0 Å². The number of amides is 3. The first-order valence-electron chi connectivity index (χ1n) is 12.0. The highest BCUT2D eigenvalue weighted by Crippen LogP contribution is 2.48. The highest BCUT2D eigenvalue weighted by molar-refractivity contribution is 6.30. The van der Waals surface area contributed by atoms with Crippen molar-refractivity contribution < 1.29 is 18.9 Å². The van der Waals surface area contributed by atoms with Crippen molar-refractivity contribution >= 4 is 40.2 Å². The summed E-state index contributed by atoms with van der Waals surface area (Å²) in [4.78, 5) is 44.4. The lowest BCUT2D eigenvalue weighted by atomic mass is 10.1. The van der Waals surface area contributed by atoms with E-state index in [1.165, 1.54) is 9.58 Å². The van der Waals surface area contributed by atoms with Gasteiger partial charge in [-0.1, -0.05) is 28.2 Å². The van der Waals surface area contributed by atoms with Crippen LogP contribution < -0.4 is 5.73 Å². The summed E-state index contributed by atoms with van der Waals surface area (Å²) in [6.45, 7) is -0.462. The molecule has 3 fully saturated rings. The third-order valence-electron chi connectivity index (χ3n) is 7.30. The van der Waals surface area contributed by atoms with Gasteiger partial charge in [0.1, 0.15) is 12.6 Å². The van der Waals surface area contributed by atoms with E-state index in [2.05, 4.69) is 10.1 Å². The van der Waals surface area contributed by atoms with Gasteiger partial charge in [0.15, 0.2) is 5.69 Å². The largest absolute Gasteiger partial charge is 0.364 e. The Labute approximate surface area is 210 Å². The third kappa shape index (κ3) is 4.09. The molecule has 2 saturated carbocycles. The molecule has 9 nitrogen and oxygen atoms in total. The lowest BCUT2D eigenvalue weighted by Crippen LogP contribution is -2.48. The van der Waals surface area contributed by atoms with E-state index in [-0.39, 0.29) is 41.8 Å².